The third kappa shape index (κ3) is 5.14. The van der Waals surface area contributed by atoms with E-state index < -0.39 is 0 Å². The molecule has 0 saturated heterocycles. The Balaban J connectivity index is 2.42. The Morgan fingerprint density at radius 3 is 2.89 bits per heavy atom. The number of hydrogen-bond donors (Lipinski definition) is 2. The zero-order valence-electron chi connectivity index (χ0n) is 10.2. The first-order valence-corrected chi connectivity index (χ1v) is 6.63. The van der Waals surface area contributed by atoms with Gasteiger partial charge in [-0.05, 0) is 46.0 Å². The van der Waals surface area contributed by atoms with Crippen LogP contribution in [-0.4, -0.2) is 24.2 Å². The first-order chi connectivity index (χ1) is 8.52. The lowest BCUT2D eigenvalue weighted by Crippen LogP contribution is -2.29. The molecule has 0 aliphatic rings. The Bertz CT molecular complexity index is 412. The van der Waals surface area contributed by atoms with Crippen LogP contribution < -0.4 is 5.32 Å². The molecule has 0 aliphatic carbocycles. The second kappa shape index (κ2) is 7.48. The molecular formula is C13H17BrFNO2. The van der Waals surface area contributed by atoms with Gasteiger partial charge in [-0.3, -0.25) is 4.79 Å². The van der Waals surface area contributed by atoms with Crippen molar-refractivity contribution in [1.29, 1.82) is 0 Å². The highest BCUT2D eigenvalue weighted by Gasteiger charge is 2.07. The standard InChI is InChI=1S/C13H17BrFNO2/c1-9(4-5-17)8-16-13(18)7-10-2-3-12(15)11(14)6-10/h2-3,6,9,17H,4-5,7-8H2,1H3,(H,16,18). The van der Waals surface area contributed by atoms with Crippen LogP contribution in [-0.2, 0) is 11.2 Å². The summed E-state index contributed by atoms with van der Waals surface area (Å²) >= 11 is 3.08. The second-order valence-corrected chi connectivity index (χ2v) is 5.20. The van der Waals surface area contributed by atoms with Gasteiger partial charge in [0.25, 0.3) is 0 Å². The van der Waals surface area contributed by atoms with Crippen molar-refractivity contribution in [3.05, 3.63) is 34.1 Å². The van der Waals surface area contributed by atoms with Crippen LogP contribution >= 0.6 is 15.9 Å². The molecule has 0 aromatic heterocycles. The minimum Gasteiger partial charge on any atom is -0.396 e. The fourth-order valence-electron chi connectivity index (χ4n) is 1.51. The molecule has 0 heterocycles. The molecule has 0 spiro atoms. The number of hydrogen-bond acceptors (Lipinski definition) is 2. The van der Waals surface area contributed by atoms with E-state index in [0.29, 0.717) is 17.4 Å². The second-order valence-electron chi connectivity index (χ2n) is 4.35. The van der Waals surface area contributed by atoms with Crippen molar-refractivity contribution in [2.75, 3.05) is 13.2 Å². The Hall–Kier alpha value is -0.940. The van der Waals surface area contributed by atoms with Crippen molar-refractivity contribution < 1.29 is 14.3 Å². The van der Waals surface area contributed by atoms with Gasteiger partial charge in [0, 0.05) is 13.2 Å². The number of halogens is 2. The van der Waals surface area contributed by atoms with Crippen LogP contribution in [0.2, 0.25) is 0 Å². The molecule has 100 valence electrons. The number of nitrogens with one attached hydrogen (secondary N) is 1. The molecule has 1 unspecified atom stereocenters. The summed E-state index contributed by atoms with van der Waals surface area (Å²) in [6.45, 7) is 2.63. The van der Waals surface area contributed by atoms with Gasteiger partial charge in [-0.1, -0.05) is 13.0 Å². The van der Waals surface area contributed by atoms with Gasteiger partial charge >= 0.3 is 0 Å². The quantitative estimate of drug-likeness (QED) is 0.845. The van der Waals surface area contributed by atoms with Crippen LogP contribution in [0.25, 0.3) is 0 Å². The summed E-state index contributed by atoms with van der Waals surface area (Å²) in [5, 5.41) is 11.5. The summed E-state index contributed by atoms with van der Waals surface area (Å²) < 4.78 is 13.4. The first-order valence-electron chi connectivity index (χ1n) is 5.84. The number of aliphatic hydroxyl groups excluding tert-OH is 1. The Kier molecular flexibility index (Phi) is 6.29. The smallest absolute Gasteiger partial charge is 0.224 e. The van der Waals surface area contributed by atoms with Gasteiger partial charge in [0.15, 0.2) is 0 Å². The zero-order chi connectivity index (χ0) is 13.5. The van der Waals surface area contributed by atoms with Crippen LogP contribution in [0.15, 0.2) is 22.7 Å². The molecule has 0 fully saturated rings. The highest BCUT2D eigenvalue weighted by Crippen LogP contribution is 2.17. The Morgan fingerprint density at radius 2 is 2.28 bits per heavy atom. The van der Waals surface area contributed by atoms with Gasteiger partial charge in [0.05, 0.1) is 10.9 Å². The van der Waals surface area contributed by atoms with E-state index in [-0.39, 0.29) is 30.7 Å². The monoisotopic (exact) mass is 317 g/mol. The molecule has 1 amide bonds. The van der Waals surface area contributed by atoms with Crippen molar-refractivity contribution in [2.24, 2.45) is 5.92 Å². The van der Waals surface area contributed by atoms with Gasteiger partial charge in [-0.15, -0.1) is 0 Å². The van der Waals surface area contributed by atoms with Crippen LogP contribution in [0.5, 0.6) is 0 Å². The van der Waals surface area contributed by atoms with Crippen LogP contribution in [0, 0.1) is 11.7 Å². The predicted molar refractivity (Wildman–Crippen MR) is 71.7 cm³/mol. The molecule has 2 N–H and O–H groups in total. The minimum atomic E-state index is -0.337. The van der Waals surface area contributed by atoms with Gasteiger partial charge in [0.1, 0.15) is 5.82 Å². The maximum absolute atomic E-state index is 13.0. The number of carbonyl (C=O) groups excluding carboxylic acids is 1. The lowest BCUT2D eigenvalue weighted by molar-refractivity contribution is -0.120. The lowest BCUT2D eigenvalue weighted by atomic mass is 10.1. The van der Waals surface area contributed by atoms with Gasteiger partial charge in [0.2, 0.25) is 5.91 Å². The number of rotatable bonds is 6. The van der Waals surface area contributed by atoms with E-state index >= 15 is 0 Å². The average Bonchev–Trinajstić information content (AvgIpc) is 2.32. The van der Waals surface area contributed by atoms with E-state index in [4.69, 9.17) is 5.11 Å². The van der Waals surface area contributed by atoms with E-state index in [9.17, 15) is 9.18 Å². The number of amides is 1. The highest BCUT2D eigenvalue weighted by atomic mass is 79.9. The fourth-order valence-corrected chi connectivity index (χ4v) is 1.93. The van der Waals surface area contributed by atoms with E-state index in [1.165, 1.54) is 6.07 Å². The van der Waals surface area contributed by atoms with Gasteiger partial charge < -0.3 is 10.4 Å². The SMILES string of the molecule is CC(CCO)CNC(=O)Cc1ccc(F)c(Br)c1. The highest BCUT2D eigenvalue weighted by molar-refractivity contribution is 9.10. The van der Waals surface area contributed by atoms with Crippen molar-refractivity contribution >= 4 is 21.8 Å². The van der Waals surface area contributed by atoms with E-state index in [1.54, 1.807) is 12.1 Å². The topological polar surface area (TPSA) is 49.3 Å². The summed E-state index contributed by atoms with van der Waals surface area (Å²) in [5.74, 6) is -0.187. The fraction of sp³-hybridized carbons (Fsp3) is 0.462. The molecule has 0 bridgehead atoms. The molecule has 0 radical (unpaired) electrons. The van der Waals surface area contributed by atoms with E-state index in [2.05, 4.69) is 21.2 Å². The third-order valence-corrected chi connectivity index (χ3v) is 3.23. The van der Waals surface area contributed by atoms with Crippen LogP contribution in [0.3, 0.4) is 0 Å². The molecule has 1 aromatic rings. The molecule has 3 nitrogen and oxygen atoms in total. The maximum atomic E-state index is 13.0. The van der Waals surface area contributed by atoms with Crippen molar-refractivity contribution in [1.82, 2.24) is 5.32 Å². The van der Waals surface area contributed by atoms with Crippen LogP contribution in [0.1, 0.15) is 18.9 Å². The normalized spacial score (nSPS) is 12.2. The predicted octanol–water partition coefficient (Wildman–Crippen LogP) is 2.27. The lowest BCUT2D eigenvalue weighted by Gasteiger charge is -2.11. The molecule has 1 aromatic carbocycles. The van der Waals surface area contributed by atoms with Gasteiger partial charge in [-0.2, -0.15) is 0 Å². The summed E-state index contributed by atoms with van der Waals surface area (Å²) in [6.07, 6.45) is 0.896. The number of aliphatic hydroxyl groups is 1. The summed E-state index contributed by atoms with van der Waals surface area (Å²) in [6, 6.07) is 4.53. The van der Waals surface area contributed by atoms with E-state index in [1.807, 2.05) is 6.92 Å². The molecule has 18 heavy (non-hydrogen) atoms. The largest absolute Gasteiger partial charge is 0.396 e. The third-order valence-electron chi connectivity index (χ3n) is 2.62. The maximum Gasteiger partial charge on any atom is 0.224 e. The van der Waals surface area contributed by atoms with Crippen molar-refractivity contribution in [2.45, 2.75) is 19.8 Å². The molecule has 1 atom stereocenters. The zero-order valence-corrected chi connectivity index (χ0v) is 11.8. The first kappa shape index (κ1) is 15.1. The number of carbonyl (C=O) groups is 1. The average molecular weight is 318 g/mol. The van der Waals surface area contributed by atoms with Crippen molar-refractivity contribution in [3.63, 3.8) is 0 Å². The minimum absolute atomic E-state index is 0.0988. The Labute approximate surface area is 115 Å². The molecule has 1 rings (SSSR count). The molecular weight excluding hydrogens is 301 g/mol. The number of benzene rings is 1. The molecule has 0 aliphatic heterocycles. The summed E-state index contributed by atoms with van der Waals surface area (Å²) in [5.41, 5.74) is 0.760. The Morgan fingerprint density at radius 1 is 1.56 bits per heavy atom. The van der Waals surface area contributed by atoms with Crippen molar-refractivity contribution in [3.8, 4) is 0 Å². The van der Waals surface area contributed by atoms with Gasteiger partial charge in [-0.25, -0.2) is 4.39 Å². The van der Waals surface area contributed by atoms with Crippen LogP contribution in [0.4, 0.5) is 4.39 Å². The van der Waals surface area contributed by atoms with E-state index in [0.717, 1.165) is 5.56 Å². The summed E-state index contributed by atoms with van der Waals surface area (Å²) in [4.78, 5) is 11.6. The molecule has 5 heteroatoms. The molecule has 0 saturated carbocycles. The summed E-state index contributed by atoms with van der Waals surface area (Å²) in [7, 11) is 0.